The highest BCUT2D eigenvalue weighted by Crippen LogP contribution is 2.12. The van der Waals surface area contributed by atoms with Crippen molar-refractivity contribution < 1.29 is 0 Å². The molecule has 0 amide bonds. The van der Waals surface area contributed by atoms with Crippen molar-refractivity contribution in [3.63, 3.8) is 0 Å². The fourth-order valence-electron chi connectivity index (χ4n) is 1.67. The van der Waals surface area contributed by atoms with Crippen molar-refractivity contribution in [1.82, 2.24) is 9.80 Å². The first-order valence-corrected chi connectivity index (χ1v) is 4.63. The standard InChI is InChI=1S/C8H17N5/c1-12(2)8-3-5-13(7-8)6-4-10-11-9/h8H,3-7H2,1-2H3/t8-/m1/s1. The van der Waals surface area contributed by atoms with Crippen LogP contribution in [0.15, 0.2) is 5.11 Å². The van der Waals surface area contributed by atoms with Crippen LogP contribution in [-0.2, 0) is 0 Å². The van der Waals surface area contributed by atoms with Crippen LogP contribution in [0.4, 0.5) is 0 Å². The van der Waals surface area contributed by atoms with Gasteiger partial charge in [-0.1, -0.05) is 5.11 Å². The van der Waals surface area contributed by atoms with E-state index in [0.29, 0.717) is 12.6 Å². The Kier molecular flexibility index (Phi) is 4.02. The lowest BCUT2D eigenvalue weighted by atomic mass is 10.2. The summed E-state index contributed by atoms with van der Waals surface area (Å²) >= 11 is 0. The van der Waals surface area contributed by atoms with E-state index >= 15 is 0 Å². The van der Waals surface area contributed by atoms with E-state index in [1.54, 1.807) is 0 Å². The molecule has 0 saturated carbocycles. The first-order valence-electron chi connectivity index (χ1n) is 4.63. The number of hydrogen-bond donors (Lipinski definition) is 0. The Hall–Kier alpha value is -0.770. The van der Waals surface area contributed by atoms with E-state index in [4.69, 9.17) is 5.53 Å². The fourth-order valence-corrected chi connectivity index (χ4v) is 1.67. The predicted molar refractivity (Wildman–Crippen MR) is 52.5 cm³/mol. The lowest BCUT2D eigenvalue weighted by Crippen LogP contribution is -2.32. The van der Waals surface area contributed by atoms with E-state index in [2.05, 4.69) is 33.9 Å². The van der Waals surface area contributed by atoms with Crippen molar-refractivity contribution >= 4 is 0 Å². The molecule has 1 atom stereocenters. The van der Waals surface area contributed by atoms with Gasteiger partial charge in [-0.2, -0.15) is 0 Å². The van der Waals surface area contributed by atoms with Crippen LogP contribution in [0.2, 0.25) is 0 Å². The van der Waals surface area contributed by atoms with Gasteiger partial charge in [-0.05, 0) is 32.6 Å². The third kappa shape index (κ3) is 3.22. The third-order valence-corrected chi connectivity index (χ3v) is 2.56. The summed E-state index contributed by atoms with van der Waals surface area (Å²) in [6.07, 6.45) is 1.23. The van der Waals surface area contributed by atoms with Crippen LogP contribution in [0.5, 0.6) is 0 Å². The molecule has 13 heavy (non-hydrogen) atoms. The topological polar surface area (TPSA) is 55.2 Å². The summed E-state index contributed by atoms with van der Waals surface area (Å²) in [5.41, 5.74) is 8.11. The Bertz CT molecular complexity index is 197. The largest absolute Gasteiger partial charge is 0.305 e. The molecular formula is C8H17N5. The molecule has 74 valence electrons. The summed E-state index contributed by atoms with van der Waals surface area (Å²) in [5, 5.41) is 3.53. The second-order valence-corrected chi connectivity index (χ2v) is 3.66. The van der Waals surface area contributed by atoms with Crippen LogP contribution in [-0.4, -0.2) is 56.1 Å². The minimum Gasteiger partial charge on any atom is -0.305 e. The van der Waals surface area contributed by atoms with E-state index in [9.17, 15) is 0 Å². The molecule has 0 radical (unpaired) electrons. The zero-order valence-corrected chi connectivity index (χ0v) is 8.35. The van der Waals surface area contributed by atoms with Crippen LogP contribution in [0, 0.1) is 0 Å². The molecule has 1 heterocycles. The van der Waals surface area contributed by atoms with Gasteiger partial charge in [0.15, 0.2) is 0 Å². The number of likely N-dealkylation sites (N-methyl/N-ethyl adjacent to an activating group) is 1. The highest BCUT2D eigenvalue weighted by Gasteiger charge is 2.22. The second-order valence-electron chi connectivity index (χ2n) is 3.66. The molecule has 0 aliphatic carbocycles. The summed E-state index contributed by atoms with van der Waals surface area (Å²) < 4.78 is 0. The van der Waals surface area contributed by atoms with Gasteiger partial charge in [-0.25, -0.2) is 0 Å². The first kappa shape index (κ1) is 10.3. The Morgan fingerprint density at radius 1 is 1.62 bits per heavy atom. The van der Waals surface area contributed by atoms with Gasteiger partial charge < -0.3 is 9.80 Å². The number of hydrogen-bond acceptors (Lipinski definition) is 3. The molecule has 1 aliphatic rings. The second kappa shape index (κ2) is 5.07. The molecule has 0 aromatic carbocycles. The highest BCUT2D eigenvalue weighted by molar-refractivity contribution is 4.80. The number of nitrogens with zero attached hydrogens (tertiary/aromatic N) is 5. The molecule has 0 spiro atoms. The van der Waals surface area contributed by atoms with Gasteiger partial charge in [-0.3, -0.25) is 0 Å². The SMILES string of the molecule is CN(C)[C@@H]1CCN(CCN=[N+]=[N-])C1. The van der Waals surface area contributed by atoms with E-state index in [0.717, 1.165) is 19.6 Å². The molecule has 0 N–H and O–H groups in total. The molecule has 1 fully saturated rings. The summed E-state index contributed by atoms with van der Waals surface area (Å²) in [6, 6.07) is 0.672. The quantitative estimate of drug-likeness (QED) is 0.370. The van der Waals surface area contributed by atoms with E-state index in [-0.39, 0.29) is 0 Å². The Balaban J connectivity index is 2.21. The maximum absolute atomic E-state index is 8.11. The van der Waals surface area contributed by atoms with Gasteiger partial charge in [0, 0.05) is 30.6 Å². The normalized spacial score (nSPS) is 23.5. The minimum atomic E-state index is 0.594. The number of likely N-dealkylation sites (tertiary alicyclic amines) is 1. The third-order valence-electron chi connectivity index (χ3n) is 2.56. The van der Waals surface area contributed by atoms with Crippen molar-refractivity contribution in [1.29, 1.82) is 0 Å². The smallest absolute Gasteiger partial charge is 0.0385 e. The highest BCUT2D eigenvalue weighted by atomic mass is 15.2. The van der Waals surface area contributed by atoms with Gasteiger partial charge in [-0.15, -0.1) is 0 Å². The van der Waals surface area contributed by atoms with Crippen molar-refractivity contribution in [2.75, 3.05) is 40.3 Å². The van der Waals surface area contributed by atoms with Gasteiger partial charge in [0.2, 0.25) is 0 Å². The lowest BCUT2D eigenvalue weighted by Gasteiger charge is -2.19. The number of azide groups is 1. The number of rotatable bonds is 4. The molecule has 1 aliphatic heterocycles. The van der Waals surface area contributed by atoms with Crippen LogP contribution in [0.1, 0.15) is 6.42 Å². The maximum atomic E-state index is 8.11. The summed E-state index contributed by atoms with van der Waals surface area (Å²) in [7, 11) is 4.23. The van der Waals surface area contributed by atoms with Crippen molar-refractivity contribution in [3.8, 4) is 0 Å². The van der Waals surface area contributed by atoms with E-state index in [1.165, 1.54) is 6.42 Å². The Labute approximate surface area is 78.9 Å². The molecule has 0 bridgehead atoms. The van der Waals surface area contributed by atoms with Gasteiger partial charge in [0.05, 0.1) is 0 Å². The molecule has 1 saturated heterocycles. The lowest BCUT2D eigenvalue weighted by molar-refractivity contribution is 0.272. The van der Waals surface area contributed by atoms with E-state index in [1.807, 2.05) is 0 Å². The zero-order chi connectivity index (χ0) is 9.68. The predicted octanol–water partition coefficient (Wildman–Crippen LogP) is 0.933. The van der Waals surface area contributed by atoms with E-state index < -0.39 is 0 Å². The molecule has 1 rings (SSSR count). The average molecular weight is 183 g/mol. The van der Waals surface area contributed by atoms with Gasteiger partial charge in [0.1, 0.15) is 0 Å². The van der Waals surface area contributed by atoms with Gasteiger partial charge in [0.25, 0.3) is 0 Å². The summed E-state index contributed by atoms with van der Waals surface area (Å²) in [6.45, 7) is 3.72. The van der Waals surface area contributed by atoms with Crippen molar-refractivity contribution in [2.45, 2.75) is 12.5 Å². The van der Waals surface area contributed by atoms with Crippen LogP contribution >= 0.6 is 0 Å². The Morgan fingerprint density at radius 3 is 2.92 bits per heavy atom. The Morgan fingerprint density at radius 2 is 2.38 bits per heavy atom. The fraction of sp³-hybridized carbons (Fsp3) is 1.00. The first-order chi connectivity index (χ1) is 6.24. The van der Waals surface area contributed by atoms with Gasteiger partial charge >= 0.3 is 0 Å². The minimum absolute atomic E-state index is 0.594. The summed E-state index contributed by atoms with van der Waals surface area (Å²) in [5.74, 6) is 0. The molecule has 0 aromatic rings. The monoisotopic (exact) mass is 183 g/mol. The molecule has 0 unspecified atom stereocenters. The zero-order valence-electron chi connectivity index (χ0n) is 8.35. The van der Waals surface area contributed by atoms with Crippen molar-refractivity contribution in [2.24, 2.45) is 5.11 Å². The average Bonchev–Trinajstić information content (AvgIpc) is 2.53. The molecule has 5 heteroatoms. The summed E-state index contributed by atoms with van der Waals surface area (Å²) in [4.78, 5) is 7.34. The molecule has 5 nitrogen and oxygen atoms in total. The van der Waals surface area contributed by atoms with Crippen LogP contribution < -0.4 is 0 Å². The maximum Gasteiger partial charge on any atom is 0.0385 e. The van der Waals surface area contributed by atoms with Crippen molar-refractivity contribution in [3.05, 3.63) is 10.4 Å². The molecular weight excluding hydrogens is 166 g/mol. The van der Waals surface area contributed by atoms with Crippen LogP contribution in [0.3, 0.4) is 0 Å². The molecule has 0 aromatic heterocycles. The van der Waals surface area contributed by atoms with Crippen LogP contribution in [0.25, 0.3) is 10.4 Å².